The minimum Gasteiger partial charge on any atom is -0.369 e. The lowest BCUT2D eigenvalue weighted by Crippen LogP contribution is -2.30. The van der Waals surface area contributed by atoms with Gasteiger partial charge in [-0.2, -0.15) is 11.8 Å². The van der Waals surface area contributed by atoms with Gasteiger partial charge in [-0.1, -0.05) is 18.9 Å². The Labute approximate surface area is 114 Å². The topological polar surface area (TPSA) is 24.9 Å². The van der Waals surface area contributed by atoms with Crippen LogP contribution in [0.1, 0.15) is 43.4 Å². The number of nitrogens with one attached hydrogen (secondary N) is 1. The summed E-state index contributed by atoms with van der Waals surface area (Å²) in [6.45, 7) is 1.07. The van der Waals surface area contributed by atoms with Crippen molar-refractivity contribution < 1.29 is 0 Å². The quantitative estimate of drug-likeness (QED) is 0.896. The molecule has 3 rings (SSSR count). The third-order valence-electron chi connectivity index (χ3n) is 4.47. The first-order chi connectivity index (χ1) is 8.81. The average Bonchev–Trinajstić information content (AvgIpc) is 3.05. The maximum absolute atomic E-state index is 4.76. The van der Waals surface area contributed by atoms with E-state index < -0.39 is 0 Å². The summed E-state index contributed by atoms with van der Waals surface area (Å²) in [6.07, 6.45) is 11.4. The molecule has 0 unspecified atom stereocenters. The summed E-state index contributed by atoms with van der Waals surface area (Å²) in [4.78, 5) is 4.76. The Hall–Kier alpha value is -0.700. The van der Waals surface area contributed by atoms with Gasteiger partial charge in [-0.05, 0) is 50.0 Å². The molecule has 0 spiro atoms. The lowest BCUT2D eigenvalue weighted by molar-refractivity contribution is 0.638. The highest BCUT2D eigenvalue weighted by Crippen LogP contribution is 2.40. The highest BCUT2D eigenvalue weighted by molar-refractivity contribution is 8.00. The molecule has 1 saturated carbocycles. The first-order valence-electron chi connectivity index (χ1n) is 7.09. The Balaban J connectivity index is 1.66. The summed E-state index contributed by atoms with van der Waals surface area (Å²) in [5, 5.41) is 3.58. The molecule has 0 saturated heterocycles. The number of hydrogen-bond acceptors (Lipinski definition) is 3. The maximum Gasteiger partial charge on any atom is 0.126 e. The van der Waals surface area contributed by atoms with Gasteiger partial charge < -0.3 is 5.32 Å². The van der Waals surface area contributed by atoms with Gasteiger partial charge in [-0.3, -0.25) is 0 Å². The molecule has 1 aromatic rings. The molecule has 0 radical (unpaired) electrons. The van der Waals surface area contributed by atoms with E-state index in [1.165, 1.54) is 56.2 Å². The van der Waals surface area contributed by atoms with Crippen LogP contribution in [0.25, 0.3) is 0 Å². The van der Waals surface area contributed by atoms with Crippen molar-refractivity contribution in [3.63, 3.8) is 0 Å². The van der Waals surface area contributed by atoms with Gasteiger partial charge in [0.25, 0.3) is 0 Å². The summed E-state index contributed by atoms with van der Waals surface area (Å²) >= 11 is 2.03. The molecule has 0 atom stereocenters. The van der Waals surface area contributed by atoms with E-state index in [4.69, 9.17) is 4.98 Å². The van der Waals surface area contributed by atoms with E-state index in [1.54, 1.807) is 0 Å². The Morgan fingerprint density at radius 2 is 2.06 bits per heavy atom. The van der Waals surface area contributed by atoms with Crippen LogP contribution in [0.2, 0.25) is 0 Å². The van der Waals surface area contributed by atoms with Gasteiger partial charge in [0.1, 0.15) is 5.82 Å². The molecule has 2 nitrogen and oxygen atoms in total. The van der Waals surface area contributed by atoms with Crippen molar-refractivity contribution in [1.82, 2.24) is 4.98 Å². The molecule has 3 heteroatoms. The molecule has 0 amide bonds. The molecule has 0 aromatic carbocycles. The van der Waals surface area contributed by atoms with Crippen LogP contribution in [0.3, 0.4) is 0 Å². The normalized spacial score (nSPS) is 20.9. The van der Waals surface area contributed by atoms with E-state index in [0.717, 1.165) is 12.4 Å². The summed E-state index contributed by atoms with van der Waals surface area (Å²) < 4.78 is 0.459. The zero-order valence-corrected chi connectivity index (χ0v) is 12.0. The first kappa shape index (κ1) is 12.3. The van der Waals surface area contributed by atoms with Crippen LogP contribution >= 0.6 is 11.8 Å². The number of nitrogens with zero attached hydrogens (tertiary/aromatic N) is 1. The van der Waals surface area contributed by atoms with Crippen molar-refractivity contribution in [2.75, 3.05) is 18.1 Å². The smallest absolute Gasteiger partial charge is 0.126 e. The van der Waals surface area contributed by atoms with Crippen LogP contribution in [-0.4, -0.2) is 22.5 Å². The molecule has 1 heterocycles. The lowest BCUT2D eigenvalue weighted by atomic mass is 10.1. The SMILES string of the molecule is CSC1(CNc2ccc3c(n2)CCC3)CCCC1. The van der Waals surface area contributed by atoms with Gasteiger partial charge in [-0.15, -0.1) is 0 Å². The predicted molar refractivity (Wildman–Crippen MR) is 79.5 cm³/mol. The fraction of sp³-hybridized carbons (Fsp3) is 0.667. The van der Waals surface area contributed by atoms with Crippen molar-refractivity contribution in [3.8, 4) is 0 Å². The zero-order chi connectivity index (χ0) is 12.4. The number of rotatable bonds is 4. The zero-order valence-electron chi connectivity index (χ0n) is 11.2. The van der Waals surface area contributed by atoms with Crippen LogP contribution in [0.5, 0.6) is 0 Å². The van der Waals surface area contributed by atoms with Gasteiger partial charge >= 0.3 is 0 Å². The maximum atomic E-state index is 4.76. The van der Waals surface area contributed by atoms with Crippen LogP contribution in [0, 0.1) is 0 Å². The third-order valence-corrected chi connectivity index (χ3v) is 5.89. The molecule has 2 aliphatic carbocycles. The van der Waals surface area contributed by atoms with E-state index in [1.807, 2.05) is 11.8 Å². The second kappa shape index (κ2) is 5.12. The number of pyridine rings is 1. The van der Waals surface area contributed by atoms with Crippen molar-refractivity contribution >= 4 is 17.6 Å². The molecule has 0 bridgehead atoms. The molecule has 1 N–H and O–H groups in total. The van der Waals surface area contributed by atoms with E-state index in [0.29, 0.717) is 4.75 Å². The molecule has 98 valence electrons. The van der Waals surface area contributed by atoms with Gasteiger partial charge in [0.05, 0.1) is 0 Å². The molecule has 1 aromatic heterocycles. The summed E-state index contributed by atoms with van der Waals surface area (Å²) in [5.41, 5.74) is 2.78. The highest BCUT2D eigenvalue weighted by Gasteiger charge is 2.32. The molecule has 1 fully saturated rings. The van der Waals surface area contributed by atoms with Crippen molar-refractivity contribution in [2.24, 2.45) is 0 Å². The number of hydrogen-bond donors (Lipinski definition) is 1. The molecule has 2 aliphatic rings. The van der Waals surface area contributed by atoms with Crippen LogP contribution in [-0.2, 0) is 12.8 Å². The van der Waals surface area contributed by atoms with Crippen LogP contribution in [0.15, 0.2) is 12.1 Å². The Morgan fingerprint density at radius 1 is 1.22 bits per heavy atom. The second-order valence-electron chi connectivity index (χ2n) is 5.60. The van der Waals surface area contributed by atoms with Crippen molar-refractivity contribution in [2.45, 2.75) is 49.7 Å². The Morgan fingerprint density at radius 3 is 2.83 bits per heavy atom. The minimum absolute atomic E-state index is 0.459. The predicted octanol–water partition coefficient (Wildman–Crippen LogP) is 3.66. The van der Waals surface area contributed by atoms with Crippen molar-refractivity contribution in [3.05, 3.63) is 23.4 Å². The molecule has 18 heavy (non-hydrogen) atoms. The van der Waals surface area contributed by atoms with Gasteiger partial charge in [0.2, 0.25) is 0 Å². The standard InChI is InChI=1S/C15H22N2S/c1-18-15(9-2-3-10-15)11-16-14-8-7-12-5-4-6-13(12)17-14/h7-8H,2-6,9-11H2,1H3,(H,16,17). The third kappa shape index (κ3) is 2.37. The van der Waals surface area contributed by atoms with Crippen LogP contribution in [0.4, 0.5) is 5.82 Å². The highest BCUT2D eigenvalue weighted by atomic mass is 32.2. The molecular weight excluding hydrogens is 240 g/mol. The van der Waals surface area contributed by atoms with Crippen molar-refractivity contribution in [1.29, 1.82) is 0 Å². The second-order valence-corrected chi connectivity index (χ2v) is 6.88. The van der Waals surface area contributed by atoms with E-state index in [2.05, 4.69) is 23.7 Å². The van der Waals surface area contributed by atoms with E-state index >= 15 is 0 Å². The fourth-order valence-electron chi connectivity index (χ4n) is 3.24. The summed E-state index contributed by atoms with van der Waals surface area (Å²) in [6, 6.07) is 4.42. The van der Waals surface area contributed by atoms with Gasteiger partial charge in [0.15, 0.2) is 0 Å². The Kier molecular flexibility index (Phi) is 3.51. The number of aromatic nitrogens is 1. The average molecular weight is 262 g/mol. The largest absolute Gasteiger partial charge is 0.369 e. The fourth-order valence-corrected chi connectivity index (χ4v) is 4.16. The number of aryl methyl sites for hydroxylation is 2. The molecule has 0 aliphatic heterocycles. The van der Waals surface area contributed by atoms with Crippen LogP contribution < -0.4 is 5.32 Å². The Bertz CT molecular complexity index is 425. The minimum atomic E-state index is 0.459. The monoisotopic (exact) mass is 262 g/mol. The van der Waals surface area contributed by atoms with E-state index in [-0.39, 0.29) is 0 Å². The lowest BCUT2D eigenvalue weighted by Gasteiger charge is -2.27. The van der Waals surface area contributed by atoms with Gasteiger partial charge in [-0.25, -0.2) is 4.98 Å². The number of thioether (sulfide) groups is 1. The number of anilines is 1. The summed E-state index contributed by atoms with van der Waals surface area (Å²) in [5.74, 6) is 1.08. The van der Waals surface area contributed by atoms with E-state index in [9.17, 15) is 0 Å². The first-order valence-corrected chi connectivity index (χ1v) is 8.32. The molecular formula is C15H22N2S. The number of fused-ring (bicyclic) bond motifs is 1. The summed E-state index contributed by atoms with van der Waals surface area (Å²) in [7, 11) is 0. The van der Waals surface area contributed by atoms with Gasteiger partial charge in [0, 0.05) is 17.0 Å².